The minimum Gasteiger partial charge on any atom is -0.395 e. The van der Waals surface area contributed by atoms with Crippen molar-refractivity contribution < 1.29 is 15.3 Å². The van der Waals surface area contributed by atoms with E-state index < -0.39 is 6.10 Å². The van der Waals surface area contributed by atoms with Crippen LogP contribution in [-0.2, 0) is 0 Å². The Morgan fingerprint density at radius 2 is 1.89 bits per heavy atom. The highest BCUT2D eigenvalue weighted by Gasteiger charge is 2.04. The van der Waals surface area contributed by atoms with Gasteiger partial charge in [0.05, 0.1) is 19.3 Å². The van der Waals surface area contributed by atoms with E-state index in [1.54, 1.807) is 0 Å². The number of rotatable bonds is 8. The molecule has 0 bridgehead atoms. The predicted octanol–water partition coefficient (Wildman–Crippen LogP) is 0.270. The second-order valence-electron chi connectivity index (χ2n) is 4.07. The maximum atomic E-state index is 9.22. The Morgan fingerprint density at radius 1 is 1.22 bits per heavy atom. The van der Waals surface area contributed by atoms with Crippen LogP contribution in [0.4, 0.5) is 11.4 Å². The van der Waals surface area contributed by atoms with E-state index in [9.17, 15) is 5.11 Å². The van der Waals surface area contributed by atoms with E-state index in [1.165, 1.54) is 0 Å². The summed E-state index contributed by atoms with van der Waals surface area (Å²) in [6, 6.07) is 7.76. The van der Waals surface area contributed by atoms with E-state index in [4.69, 9.17) is 10.2 Å². The lowest BCUT2D eigenvalue weighted by atomic mass is 10.2. The molecular weight excluding hydrogens is 232 g/mol. The summed E-state index contributed by atoms with van der Waals surface area (Å²) in [5, 5.41) is 29.9. The predicted molar refractivity (Wildman–Crippen MR) is 73.0 cm³/mol. The number of nitrogens with one attached hydrogen (secondary N) is 1. The zero-order valence-corrected chi connectivity index (χ0v) is 10.7. The molecule has 102 valence electrons. The van der Waals surface area contributed by atoms with E-state index >= 15 is 0 Å². The molecule has 0 heterocycles. The van der Waals surface area contributed by atoms with Crippen molar-refractivity contribution in [1.82, 2.24) is 0 Å². The first-order valence-electron chi connectivity index (χ1n) is 6.20. The molecular formula is C13H22N2O3. The van der Waals surface area contributed by atoms with E-state index in [0.717, 1.165) is 17.9 Å². The van der Waals surface area contributed by atoms with Crippen molar-refractivity contribution in [3.8, 4) is 0 Å². The molecule has 5 heteroatoms. The van der Waals surface area contributed by atoms with E-state index in [0.29, 0.717) is 13.1 Å². The molecule has 0 aromatic heterocycles. The van der Waals surface area contributed by atoms with Crippen LogP contribution in [0.25, 0.3) is 0 Å². The molecule has 0 radical (unpaired) electrons. The lowest BCUT2D eigenvalue weighted by molar-refractivity contribution is 0.105. The fourth-order valence-electron chi connectivity index (χ4n) is 1.68. The third kappa shape index (κ3) is 4.52. The van der Waals surface area contributed by atoms with E-state index in [1.807, 2.05) is 31.2 Å². The molecule has 0 aliphatic heterocycles. The lowest BCUT2D eigenvalue weighted by Gasteiger charge is -2.22. The van der Waals surface area contributed by atoms with Gasteiger partial charge in [0.1, 0.15) is 0 Å². The number of hydrogen-bond donors (Lipinski definition) is 4. The average molecular weight is 254 g/mol. The second-order valence-corrected chi connectivity index (χ2v) is 4.07. The molecule has 0 aliphatic rings. The first-order chi connectivity index (χ1) is 8.71. The Labute approximate surface area is 108 Å². The minimum absolute atomic E-state index is 0.135. The van der Waals surface area contributed by atoms with Crippen molar-refractivity contribution in [1.29, 1.82) is 0 Å². The molecule has 1 rings (SSSR count). The maximum Gasteiger partial charge on any atom is 0.0942 e. The number of anilines is 2. The van der Waals surface area contributed by atoms with E-state index in [2.05, 4.69) is 10.2 Å². The van der Waals surface area contributed by atoms with Crippen LogP contribution in [0, 0.1) is 0 Å². The fourth-order valence-corrected chi connectivity index (χ4v) is 1.68. The monoisotopic (exact) mass is 254 g/mol. The van der Waals surface area contributed by atoms with Crippen LogP contribution in [0.15, 0.2) is 24.3 Å². The molecule has 0 saturated carbocycles. The van der Waals surface area contributed by atoms with Gasteiger partial charge in [0.2, 0.25) is 0 Å². The van der Waals surface area contributed by atoms with Crippen LogP contribution in [0.5, 0.6) is 0 Å². The standard InChI is InChI=1S/C13H22N2O3/c1-2-15(7-8-16)12-5-3-11(4-6-12)14-9-13(18)10-17/h3-6,13-14,16-18H,2,7-10H2,1H3. The normalized spacial score (nSPS) is 12.2. The Morgan fingerprint density at radius 3 is 2.39 bits per heavy atom. The summed E-state index contributed by atoms with van der Waals surface area (Å²) in [5.41, 5.74) is 1.95. The molecule has 1 aromatic carbocycles. The maximum absolute atomic E-state index is 9.22. The molecule has 0 saturated heterocycles. The minimum atomic E-state index is -0.744. The average Bonchev–Trinajstić information content (AvgIpc) is 2.42. The third-order valence-corrected chi connectivity index (χ3v) is 2.74. The molecule has 4 N–H and O–H groups in total. The highest BCUT2D eigenvalue weighted by molar-refractivity contribution is 5.55. The van der Waals surface area contributed by atoms with Crippen molar-refractivity contribution >= 4 is 11.4 Å². The van der Waals surface area contributed by atoms with Gasteiger partial charge in [-0.1, -0.05) is 0 Å². The fraction of sp³-hybridized carbons (Fsp3) is 0.538. The molecule has 1 aromatic rings. The SMILES string of the molecule is CCN(CCO)c1ccc(NCC(O)CO)cc1. The number of benzene rings is 1. The van der Waals surface area contributed by atoms with Gasteiger partial charge >= 0.3 is 0 Å². The zero-order valence-electron chi connectivity index (χ0n) is 10.7. The topological polar surface area (TPSA) is 76.0 Å². The summed E-state index contributed by atoms with van der Waals surface area (Å²) in [4.78, 5) is 2.08. The van der Waals surface area contributed by atoms with Gasteiger partial charge in [-0.2, -0.15) is 0 Å². The molecule has 0 spiro atoms. The van der Waals surface area contributed by atoms with Crippen LogP contribution in [0.2, 0.25) is 0 Å². The summed E-state index contributed by atoms with van der Waals surface area (Å²) >= 11 is 0. The molecule has 1 unspecified atom stereocenters. The number of nitrogens with zero attached hydrogens (tertiary/aromatic N) is 1. The Hall–Kier alpha value is -1.30. The molecule has 0 aliphatic carbocycles. The Balaban J connectivity index is 2.56. The third-order valence-electron chi connectivity index (χ3n) is 2.74. The van der Waals surface area contributed by atoms with Gasteiger partial charge in [-0.15, -0.1) is 0 Å². The van der Waals surface area contributed by atoms with Crippen molar-refractivity contribution in [2.75, 3.05) is 43.1 Å². The largest absolute Gasteiger partial charge is 0.395 e. The zero-order chi connectivity index (χ0) is 13.4. The molecule has 1 atom stereocenters. The van der Waals surface area contributed by atoms with Gasteiger partial charge in [0, 0.05) is 31.0 Å². The lowest BCUT2D eigenvalue weighted by Crippen LogP contribution is -2.26. The smallest absolute Gasteiger partial charge is 0.0942 e. The Kier molecular flexibility index (Phi) is 6.49. The van der Waals surface area contributed by atoms with Crippen LogP contribution in [-0.4, -0.2) is 54.3 Å². The number of aliphatic hydroxyl groups excluding tert-OH is 3. The van der Waals surface area contributed by atoms with Gasteiger partial charge in [0.15, 0.2) is 0 Å². The summed E-state index contributed by atoms with van der Waals surface area (Å²) < 4.78 is 0. The summed E-state index contributed by atoms with van der Waals surface area (Å²) in [6.07, 6.45) is -0.744. The summed E-state index contributed by atoms with van der Waals surface area (Å²) in [7, 11) is 0. The highest BCUT2D eigenvalue weighted by atomic mass is 16.3. The van der Waals surface area contributed by atoms with Crippen LogP contribution >= 0.6 is 0 Å². The van der Waals surface area contributed by atoms with Crippen LogP contribution in [0.1, 0.15) is 6.92 Å². The highest BCUT2D eigenvalue weighted by Crippen LogP contribution is 2.17. The van der Waals surface area contributed by atoms with Crippen molar-refractivity contribution in [3.63, 3.8) is 0 Å². The summed E-state index contributed by atoms with van der Waals surface area (Å²) in [5.74, 6) is 0. The summed E-state index contributed by atoms with van der Waals surface area (Å²) in [6.45, 7) is 3.72. The second kappa shape index (κ2) is 7.92. The molecule has 18 heavy (non-hydrogen) atoms. The van der Waals surface area contributed by atoms with Gasteiger partial charge < -0.3 is 25.5 Å². The van der Waals surface area contributed by atoms with Gasteiger partial charge in [0.25, 0.3) is 0 Å². The van der Waals surface area contributed by atoms with Crippen molar-refractivity contribution in [2.24, 2.45) is 0 Å². The number of hydrogen-bond acceptors (Lipinski definition) is 5. The number of aliphatic hydroxyl groups is 3. The Bertz CT molecular complexity index is 330. The van der Waals surface area contributed by atoms with Crippen molar-refractivity contribution in [2.45, 2.75) is 13.0 Å². The molecule has 0 fully saturated rings. The van der Waals surface area contributed by atoms with Gasteiger partial charge in [-0.3, -0.25) is 0 Å². The van der Waals surface area contributed by atoms with Crippen LogP contribution in [0.3, 0.4) is 0 Å². The quantitative estimate of drug-likeness (QED) is 0.536. The first kappa shape index (κ1) is 14.8. The number of likely N-dealkylation sites (N-methyl/N-ethyl adjacent to an activating group) is 1. The van der Waals surface area contributed by atoms with E-state index in [-0.39, 0.29) is 13.2 Å². The first-order valence-corrected chi connectivity index (χ1v) is 6.20. The van der Waals surface area contributed by atoms with Gasteiger partial charge in [-0.25, -0.2) is 0 Å². The molecule has 0 amide bonds. The molecule has 5 nitrogen and oxygen atoms in total. The van der Waals surface area contributed by atoms with Crippen LogP contribution < -0.4 is 10.2 Å². The van der Waals surface area contributed by atoms with Gasteiger partial charge in [-0.05, 0) is 31.2 Å². The van der Waals surface area contributed by atoms with Crippen molar-refractivity contribution in [3.05, 3.63) is 24.3 Å².